The number of amides is 3. The number of nitriles is 1. The standard InChI is InChI=1S/C21H21N3O5/c1-12(24-19(26)16-5-3-4-6-17(16)20(24)27)21(28)29-13(2)18(25)23-15-9-7-14(11-22)8-10-15/h3-4,7-10,12-13,16-17H,5-6H2,1-2H3,(H,23,25)/t12-,13+,16-,17-/m0/s1. The lowest BCUT2D eigenvalue weighted by molar-refractivity contribution is -0.163. The Bertz CT molecular complexity index is 889. The molecule has 1 aliphatic heterocycles. The zero-order valence-corrected chi connectivity index (χ0v) is 16.1. The number of carbonyl (C=O) groups is 4. The molecule has 0 radical (unpaired) electrons. The molecule has 1 heterocycles. The van der Waals surface area contributed by atoms with Crippen LogP contribution in [0.1, 0.15) is 32.3 Å². The van der Waals surface area contributed by atoms with Crippen LogP contribution in [-0.2, 0) is 23.9 Å². The quantitative estimate of drug-likeness (QED) is 0.461. The molecule has 0 unspecified atom stereocenters. The lowest BCUT2D eigenvalue weighted by Gasteiger charge is -2.23. The number of anilines is 1. The molecule has 3 amide bonds. The maximum absolute atomic E-state index is 12.6. The zero-order valence-electron chi connectivity index (χ0n) is 16.1. The number of hydrogen-bond acceptors (Lipinski definition) is 6. The molecule has 2 aliphatic rings. The van der Waals surface area contributed by atoms with Crippen LogP contribution in [-0.4, -0.2) is 40.7 Å². The van der Waals surface area contributed by atoms with Gasteiger partial charge in [0.25, 0.3) is 5.91 Å². The number of nitrogens with zero attached hydrogens (tertiary/aromatic N) is 2. The van der Waals surface area contributed by atoms with Crippen LogP contribution in [0.3, 0.4) is 0 Å². The van der Waals surface area contributed by atoms with Crippen molar-refractivity contribution >= 4 is 29.4 Å². The first-order valence-corrected chi connectivity index (χ1v) is 9.37. The van der Waals surface area contributed by atoms with Gasteiger partial charge in [0.05, 0.1) is 23.5 Å². The normalized spacial score (nSPS) is 22.4. The summed E-state index contributed by atoms with van der Waals surface area (Å²) in [7, 11) is 0. The number of benzene rings is 1. The molecule has 0 saturated carbocycles. The van der Waals surface area contributed by atoms with Crippen LogP contribution in [0.4, 0.5) is 5.69 Å². The second-order valence-corrected chi connectivity index (χ2v) is 7.14. The summed E-state index contributed by atoms with van der Waals surface area (Å²) in [6.07, 6.45) is 3.58. The minimum atomic E-state index is -1.13. The van der Waals surface area contributed by atoms with Gasteiger partial charge in [0.2, 0.25) is 11.8 Å². The van der Waals surface area contributed by atoms with Crippen LogP contribution < -0.4 is 5.32 Å². The average molecular weight is 395 g/mol. The summed E-state index contributed by atoms with van der Waals surface area (Å²) in [6, 6.07) is 7.09. The third kappa shape index (κ3) is 4.04. The SMILES string of the molecule is C[C@@H](OC(=O)[C@H](C)N1C(=O)[C@H]2CC=CC[C@@H]2C1=O)C(=O)Nc1ccc(C#N)cc1. The number of allylic oxidation sites excluding steroid dienone is 2. The van der Waals surface area contributed by atoms with E-state index in [1.54, 1.807) is 24.3 Å². The van der Waals surface area contributed by atoms with E-state index in [0.717, 1.165) is 4.90 Å². The molecule has 1 aliphatic carbocycles. The van der Waals surface area contributed by atoms with Gasteiger partial charge in [-0.2, -0.15) is 5.26 Å². The Hall–Kier alpha value is -3.47. The summed E-state index contributed by atoms with van der Waals surface area (Å²) in [5.74, 6) is -2.99. The van der Waals surface area contributed by atoms with Gasteiger partial charge in [-0.15, -0.1) is 0 Å². The fourth-order valence-corrected chi connectivity index (χ4v) is 3.51. The first-order valence-electron chi connectivity index (χ1n) is 9.37. The summed E-state index contributed by atoms with van der Waals surface area (Å²) in [5.41, 5.74) is 0.901. The molecular formula is C21H21N3O5. The maximum atomic E-state index is 12.6. The van der Waals surface area contributed by atoms with E-state index in [-0.39, 0.29) is 11.8 Å². The summed E-state index contributed by atoms with van der Waals surface area (Å²) >= 11 is 0. The Labute approximate surface area is 168 Å². The highest BCUT2D eigenvalue weighted by Gasteiger charge is 2.50. The van der Waals surface area contributed by atoms with Crippen LogP contribution in [0, 0.1) is 23.2 Å². The third-order valence-corrected chi connectivity index (χ3v) is 5.21. The van der Waals surface area contributed by atoms with Crippen LogP contribution >= 0.6 is 0 Å². The van der Waals surface area contributed by atoms with Crippen molar-refractivity contribution in [1.29, 1.82) is 5.26 Å². The van der Waals surface area contributed by atoms with Gasteiger partial charge >= 0.3 is 5.97 Å². The molecule has 1 N–H and O–H groups in total. The Morgan fingerprint density at radius 3 is 2.17 bits per heavy atom. The lowest BCUT2D eigenvalue weighted by atomic mass is 9.85. The predicted octanol–water partition coefficient (Wildman–Crippen LogP) is 1.77. The van der Waals surface area contributed by atoms with Gasteiger partial charge in [-0.25, -0.2) is 4.79 Å². The maximum Gasteiger partial charge on any atom is 0.329 e. The number of esters is 1. The molecule has 8 heteroatoms. The largest absolute Gasteiger partial charge is 0.451 e. The van der Waals surface area contributed by atoms with E-state index in [4.69, 9.17) is 10.00 Å². The molecule has 0 aromatic heterocycles. The Morgan fingerprint density at radius 1 is 1.10 bits per heavy atom. The number of nitrogens with one attached hydrogen (secondary N) is 1. The minimum absolute atomic E-state index is 0.372. The number of carbonyl (C=O) groups excluding carboxylic acids is 4. The van der Waals surface area contributed by atoms with Gasteiger partial charge in [0, 0.05) is 5.69 Å². The lowest BCUT2D eigenvalue weighted by Crippen LogP contribution is -2.46. The van der Waals surface area contributed by atoms with Crippen LogP contribution in [0.5, 0.6) is 0 Å². The van der Waals surface area contributed by atoms with Crippen molar-refractivity contribution in [3.05, 3.63) is 42.0 Å². The fourth-order valence-electron chi connectivity index (χ4n) is 3.51. The van der Waals surface area contributed by atoms with Crippen molar-refractivity contribution in [2.45, 2.75) is 38.8 Å². The minimum Gasteiger partial charge on any atom is -0.451 e. The van der Waals surface area contributed by atoms with Crippen molar-refractivity contribution in [2.75, 3.05) is 5.32 Å². The van der Waals surface area contributed by atoms with Gasteiger partial charge in [0.15, 0.2) is 6.10 Å². The predicted molar refractivity (Wildman–Crippen MR) is 102 cm³/mol. The van der Waals surface area contributed by atoms with Gasteiger partial charge in [0.1, 0.15) is 6.04 Å². The number of ether oxygens (including phenoxy) is 1. The molecule has 4 atom stereocenters. The van der Waals surface area contributed by atoms with E-state index in [0.29, 0.717) is 24.1 Å². The van der Waals surface area contributed by atoms with Gasteiger partial charge < -0.3 is 10.1 Å². The monoisotopic (exact) mass is 395 g/mol. The first kappa shape index (κ1) is 20.3. The Balaban J connectivity index is 1.60. The molecule has 0 bridgehead atoms. The van der Waals surface area contributed by atoms with Crippen LogP contribution in [0.15, 0.2) is 36.4 Å². The third-order valence-electron chi connectivity index (χ3n) is 5.21. The Morgan fingerprint density at radius 2 is 1.66 bits per heavy atom. The molecule has 150 valence electrons. The zero-order chi connectivity index (χ0) is 21.1. The second kappa shape index (κ2) is 8.27. The molecule has 1 aromatic carbocycles. The summed E-state index contributed by atoms with van der Waals surface area (Å²) < 4.78 is 5.19. The van der Waals surface area contributed by atoms with E-state index in [2.05, 4.69) is 5.32 Å². The van der Waals surface area contributed by atoms with Crippen molar-refractivity contribution in [3.63, 3.8) is 0 Å². The topological polar surface area (TPSA) is 117 Å². The number of likely N-dealkylation sites (tertiary alicyclic amines) is 1. The molecule has 0 spiro atoms. The highest BCUT2D eigenvalue weighted by atomic mass is 16.5. The second-order valence-electron chi connectivity index (χ2n) is 7.14. The summed E-state index contributed by atoms with van der Waals surface area (Å²) in [4.78, 5) is 50.9. The first-order chi connectivity index (χ1) is 13.8. The van der Waals surface area contributed by atoms with E-state index in [9.17, 15) is 19.2 Å². The molecular weight excluding hydrogens is 374 g/mol. The molecule has 1 aromatic rings. The number of imide groups is 1. The van der Waals surface area contributed by atoms with Crippen molar-refractivity contribution in [1.82, 2.24) is 4.90 Å². The van der Waals surface area contributed by atoms with Crippen molar-refractivity contribution in [3.8, 4) is 6.07 Å². The van der Waals surface area contributed by atoms with Crippen LogP contribution in [0.2, 0.25) is 0 Å². The number of rotatable bonds is 5. The van der Waals surface area contributed by atoms with E-state index in [1.807, 2.05) is 18.2 Å². The smallest absolute Gasteiger partial charge is 0.329 e. The molecule has 8 nitrogen and oxygen atoms in total. The molecule has 1 fully saturated rings. The average Bonchev–Trinajstić information content (AvgIpc) is 2.98. The van der Waals surface area contributed by atoms with E-state index >= 15 is 0 Å². The fraction of sp³-hybridized carbons (Fsp3) is 0.381. The highest BCUT2D eigenvalue weighted by molar-refractivity contribution is 6.08. The number of fused-ring (bicyclic) bond motifs is 1. The van der Waals surface area contributed by atoms with Gasteiger partial charge in [-0.3, -0.25) is 19.3 Å². The van der Waals surface area contributed by atoms with Gasteiger partial charge in [-0.05, 0) is 51.0 Å². The van der Waals surface area contributed by atoms with E-state index in [1.165, 1.54) is 13.8 Å². The highest BCUT2D eigenvalue weighted by Crippen LogP contribution is 2.36. The van der Waals surface area contributed by atoms with E-state index < -0.39 is 35.9 Å². The summed E-state index contributed by atoms with van der Waals surface area (Å²) in [5, 5.41) is 11.4. The molecule has 3 rings (SSSR count). The van der Waals surface area contributed by atoms with Crippen molar-refractivity contribution < 1.29 is 23.9 Å². The van der Waals surface area contributed by atoms with Crippen LogP contribution in [0.25, 0.3) is 0 Å². The van der Waals surface area contributed by atoms with Gasteiger partial charge in [-0.1, -0.05) is 12.2 Å². The number of hydrogen-bond donors (Lipinski definition) is 1. The molecule has 1 saturated heterocycles. The molecule has 29 heavy (non-hydrogen) atoms. The Kier molecular flexibility index (Phi) is 5.78. The summed E-state index contributed by atoms with van der Waals surface area (Å²) in [6.45, 7) is 2.83. The van der Waals surface area contributed by atoms with Crippen molar-refractivity contribution in [2.24, 2.45) is 11.8 Å².